The van der Waals surface area contributed by atoms with E-state index < -0.39 is 17.6 Å². The van der Waals surface area contributed by atoms with E-state index in [1.165, 1.54) is 11.0 Å². The van der Waals surface area contributed by atoms with E-state index in [0.717, 1.165) is 12.1 Å². The first-order chi connectivity index (χ1) is 11.2. The first-order valence-corrected chi connectivity index (χ1v) is 7.70. The molecule has 1 fully saturated rings. The SMILES string of the molecule is CNC(C)CNC(=O)c1cc(N2CCCC2=O)cc(C(F)(F)F)c1. The van der Waals surface area contributed by atoms with Gasteiger partial charge in [-0.05, 0) is 38.6 Å². The number of likely N-dealkylation sites (N-methyl/N-ethyl adjacent to an activating group) is 1. The Morgan fingerprint density at radius 3 is 2.58 bits per heavy atom. The Morgan fingerprint density at radius 1 is 1.33 bits per heavy atom. The van der Waals surface area contributed by atoms with Gasteiger partial charge in [0, 0.05) is 36.8 Å². The first kappa shape index (κ1) is 18.3. The number of hydrogen-bond acceptors (Lipinski definition) is 3. The highest BCUT2D eigenvalue weighted by Crippen LogP contribution is 2.34. The molecule has 2 N–H and O–H groups in total. The molecule has 1 aromatic rings. The third-order valence-electron chi connectivity index (χ3n) is 3.95. The van der Waals surface area contributed by atoms with Crippen molar-refractivity contribution < 1.29 is 22.8 Å². The summed E-state index contributed by atoms with van der Waals surface area (Å²) in [6.45, 7) is 2.47. The number of alkyl halides is 3. The molecule has 1 aliphatic rings. The Bertz CT molecular complexity index is 631. The lowest BCUT2D eigenvalue weighted by Crippen LogP contribution is -2.37. The molecule has 8 heteroatoms. The van der Waals surface area contributed by atoms with Crippen LogP contribution in [0.2, 0.25) is 0 Å². The van der Waals surface area contributed by atoms with Gasteiger partial charge < -0.3 is 15.5 Å². The molecule has 5 nitrogen and oxygen atoms in total. The number of benzene rings is 1. The molecule has 1 heterocycles. The summed E-state index contributed by atoms with van der Waals surface area (Å²) in [6, 6.07) is 3.04. The van der Waals surface area contributed by atoms with Crippen molar-refractivity contribution in [3.63, 3.8) is 0 Å². The second-order valence-corrected chi connectivity index (χ2v) is 5.81. The smallest absolute Gasteiger partial charge is 0.350 e. The van der Waals surface area contributed by atoms with Crippen molar-refractivity contribution in [2.24, 2.45) is 0 Å². The van der Waals surface area contributed by atoms with Crippen molar-refractivity contribution >= 4 is 17.5 Å². The van der Waals surface area contributed by atoms with Gasteiger partial charge >= 0.3 is 6.18 Å². The number of hydrogen-bond donors (Lipinski definition) is 2. The average molecular weight is 343 g/mol. The van der Waals surface area contributed by atoms with Crippen LogP contribution in [-0.4, -0.2) is 38.0 Å². The van der Waals surface area contributed by atoms with Gasteiger partial charge in [0.2, 0.25) is 5.91 Å². The highest BCUT2D eigenvalue weighted by molar-refractivity contribution is 5.99. The van der Waals surface area contributed by atoms with E-state index in [1.807, 2.05) is 6.92 Å². The predicted octanol–water partition coefficient (Wildman–Crippen LogP) is 2.17. The van der Waals surface area contributed by atoms with Crippen LogP contribution in [0.25, 0.3) is 0 Å². The van der Waals surface area contributed by atoms with Crippen LogP contribution in [0.5, 0.6) is 0 Å². The monoisotopic (exact) mass is 343 g/mol. The van der Waals surface area contributed by atoms with E-state index in [-0.39, 0.29) is 29.7 Å². The van der Waals surface area contributed by atoms with Gasteiger partial charge in [0.15, 0.2) is 0 Å². The zero-order valence-corrected chi connectivity index (χ0v) is 13.5. The molecule has 1 unspecified atom stereocenters. The minimum Gasteiger partial charge on any atom is -0.350 e. The molecule has 2 rings (SSSR count). The zero-order chi connectivity index (χ0) is 17.9. The van der Waals surface area contributed by atoms with Crippen LogP contribution in [0.4, 0.5) is 18.9 Å². The number of nitrogens with one attached hydrogen (secondary N) is 2. The molecule has 132 valence electrons. The lowest BCUT2D eigenvalue weighted by atomic mass is 10.1. The molecule has 1 aliphatic heterocycles. The maximum absolute atomic E-state index is 13.1. The Hall–Kier alpha value is -2.09. The quantitative estimate of drug-likeness (QED) is 0.861. The molecule has 1 saturated heterocycles. The van der Waals surface area contributed by atoms with Gasteiger partial charge in [0.05, 0.1) is 5.56 Å². The van der Waals surface area contributed by atoms with Gasteiger partial charge in [-0.3, -0.25) is 9.59 Å². The number of anilines is 1. The Morgan fingerprint density at radius 2 is 2.04 bits per heavy atom. The van der Waals surface area contributed by atoms with E-state index in [2.05, 4.69) is 10.6 Å². The molecule has 0 aliphatic carbocycles. The fraction of sp³-hybridized carbons (Fsp3) is 0.500. The summed E-state index contributed by atoms with van der Waals surface area (Å²) in [5.41, 5.74) is -0.937. The lowest BCUT2D eigenvalue weighted by Gasteiger charge is -2.19. The minimum absolute atomic E-state index is 0.0145. The molecule has 1 aromatic carbocycles. The molecular formula is C16H20F3N3O2. The first-order valence-electron chi connectivity index (χ1n) is 7.70. The van der Waals surface area contributed by atoms with Crippen molar-refractivity contribution in [2.45, 2.75) is 32.0 Å². The third kappa shape index (κ3) is 4.25. The lowest BCUT2D eigenvalue weighted by molar-refractivity contribution is -0.137. The van der Waals surface area contributed by atoms with Crippen LogP contribution in [0.3, 0.4) is 0 Å². The number of halogens is 3. The maximum Gasteiger partial charge on any atom is 0.416 e. The van der Waals surface area contributed by atoms with Crippen LogP contribution in [0, 0.1) is 0 Å². The van der Waals surface area contributed by atoms with E-state index >= 15 is 0 Å². The predicted molar refractivity (Wildman–Crippen MR) is 83.9 cm³/mol. The van der Waals surface area contributed by atoms with E-state index in [1.54, 1.807) is 7.05 Å². The Kier molecular flexibility index (Phi) is 5.48. The van der Waals surface area contributed by atoms with Gasteiger partial charge in [-0.25, -0.2) is 0 Å². The van der Waals surface area contributed by atoms with Gasteiger partial charge in [-0.2, -0.15) is 13.2 Å². The Labute approximate surface area is 138 Å². The van der Waals surface area contributed by atoms with E-state index in [9.17, 15) is 22.8 Å². The summed E-state index contributed by atoms with van der Waals surface area (Å²) in [5.74, 6) is -0.833. The molecule has 24 heavy (non-hydrogen) atoms. The topological polar surface area (TPSA) is 61.4 Å². The molecular weight excluding hydrogens is 323 g/mol. The van der Waals surface area contributed by atoms with Crippen molar-refractivity contribution in [1.29, 1.82) is 0 Å². The molecule has 0 saturated carbocycles. The van der Waals surface area contributed by atoms with Gasteiger partial charge in [0.25, 0.3) is 5.91 Å². The van der Waals surface area contributed by atoms with Gasteiger partial charge in [-0.1, -0.05) is 0 Å². The van der Waals surface area contributed by atoms with Gasteiger partial charge in [-0.15, -0.1) is 0 Å². The molecule has 1 atom stereocenters. The van der Waals surface area contributed by atoms with Crippen LogP contribution in [0.15, 0.2) is 18.2 Å². The number of carbonyl (C=O) groups excluding carboxylic acids is 2. The fourth-order valence-corrected chi connectivity index (χ4v) is 2.43. The zero-order valence-electron chi connectivity index (χ0n) is 13.5. The molecule has 0 bridgehead atoms. The number of amides is 2. The van der Waals surface area contributed by atoms with Crippen LogP contribution in [0.1, 0.15) is 35.7 Å². The second kappa shape index (κ2) is 7.21. The average Bonchev–Trinajstić information content (AvgIpc) is 2.97. The molecule has 2 amide bonds. The largest absolute Gasteiger partial charge is 0.416 e. The molecule has 0 radical (unpaired) electrons. The molecule has 0 aromatic heterocycles. The highest BCUT2D eigenvalue weighted by atomic mass is 19.4. The molecule has 0 spiro atoms. The normalized spacial score (nSPS) is 16.4. The van der Waals surface area contributed by atoms with Crippen molar-refractivity contribution in [3.8, 4) is 0 Å². The summed E-state index contributed by atoms with van der Waals surface area (Å²) >= 11 is 0. The van der Waals surface area contributed by atoms with E-state index in [4.69, 9.17) is 0 Å². The highest BCUT2D eigenvalue weighted by Gasteiger charge is 2.33. The number of carbonyl (C=O) groups is 2. The van der Waals surface area contributed by atoms with Crippen molar-refractivity contribution in [1.82, 2.24) is 10.6 Å². The van der Waals surface area contributed by atoms with Crippen LogP contribution >= 0.6 is 0 Å². The Balaban J connectivity index is 2.32. The summed E-state index contributed by atoms with van der Waals surface area (Å²) in [5, 5.41) is 5.51. The van der Waals surface area contributed by atoms with Crippen LogP contribution in [-0.2, 0) is 11.0 Å². The summed E-state index contributed by atoms with van der Waals surface area (Å²) in [4.78, 5) is 25.3. The summed E-state index contributed by atoms with van der Waals surface area (Å²) in [7, 11) is 1.72. The van der Waals surface area contributed by atoms with Crippen molar-refractivity contribution in [2.75, 3.05) is 25.0 Å². The van der Waals surface area contributed by atoms with Crippen molar-refractivity contribution in [3.05, 3.63) is 29.3 Å². The third-order valence-corrected chi connectivity index (χ3v) is 3.95. The summed E-state index contributed by atoms with van der Waals surface area (Å²) < 4.78 is 39.4. The summed E-state index contributed by atoms with van der Waals surface area (Å²) in [6.07, 6.45) is -3.69. The second-order valence-electron chi connectivity index (χ2n) is 5.81. The van der Waals surface area contributed by atoms with E-state index in [0.29, 0.717) is 19.4 Å². The minimum atomic E-state index is -4.59. The van der Waals surface area contributed by atoms with Crippen LogP contribution < -0.4 is 15.5 Å². The number of rotatable bonds is 5. The maximum atomic E-state index is 13.1. The standard InChI is InChI=1S/C16H20F3N3O2/c1-10(20-2)9-21-15(24)11-6-12(16(17,18)19)8-13(7-11)22-5-3-4-14(22)23/h6-8,10,20H,3-5,9H2,1-2H3,(H,21,24). The van der Waals surface area contributed by atoms with Gasteiger partial charge in [0.1, 0.15) is 0 Å². The number of nitrogens with zero attached hydrogens (tertiary/aromatic N) is 1. The fourth-order valence-electron chi connectivity index (χ4n) is 2.43.